The molecule has 2 unspecified atom stereocenters. The molecule has 0 aromatic rings. The van der Waals surface area contributed by atoms with Crippen LogP contribution in [0, 0.1) is 0 Å². The monoisotopic (exact) mass is 377 g/mol. The molecule has 0 aliphatic carbocycles. The summed E-state index contributed by atoms with van der Waals surface area (Å²) >= 11 is 0. The minimum absolute atomic E-state index is 0. The first-order valence-electron chi connectivity index (χ1n) is 9.16. The van der Waals surface area contributed by atoms with E-state index in [4.69, 9.17) is 15.2 Å². The van der Waals surface area contributed by atoms with E-state index in [9.17, 15) is 9.59 Å². The van der Waals surface area contributed by atoms with Crippen molar-refractivity contribution < 1.29 is 19.1 Å². The molecule has 8 heteroatoms. The van der Waals surface area contributed by atoms with Crippen molar-refractivity contribution in [1.82, 2.24) is 10.2 Å². The first-order chi connectivity index (χ1) is 11.7. The van der Waals surface area contributed by atoms with Gasteiger partial charge in [0.1, 0.15) is 0 Å². The summed E-state index contributed by atoms with van der Waals surface area (Å²) in [5.41, 5.74) is 5.38. The predicted molar refractivity (Wildman–Crippen MR) is 97.7 cm³/mol. The van der Waals surface area contributed by atoms with E-state index in [0.717, 1.165) is 45.3 Å². The van der Waals surface area contributed by atoms with Crippen LogP contribution in [0.25, 0.3) is 0 Å². The number of likely N-dealkylation sites (tertiary alicyclic amines) is 1. The Bertz CT molecular complexity index is 405. The van der Waals surface area contributed by atoms with Crippen LogP contribution in [-0.2, 0) is 19.1 Å². The highest BCUT2D eigenvalue weighted by atomic mass is 35.5. The Kier molecular flexibility index (Phi) is 11.0. The number of piperidine rings is 1. The van der Waals surface area contributed by atoms with E-state index in [1.807, 2.05) is 4.90 Å². The molecule has 2 saturated heterocycles. The Morgan fingerprint density at radius 2 is 2.04 bits per heavy atom. The quantitative estimate of drug-likeness (QED) is 0.581. The molecule has 2 heterocycles. The van der Waals surface area contributed by atoms with Crippen LogP contribution in [0.4, 0.5) is 0 Å². The van der Waals surface area contributed by atoms with Crippen molar-refractivity contribution in [2.45, 2.75) is 57.1 Å². The first-order valence-corrected chi connectivity index (χ1v) is 9.16. The predicted octanol–water partition coefficient (Wildman–Crippen LogP) is 0.840. The molecule has 25 heavy (non-hydrogen) atoms. The summed E-state index contributed by atoms with van der Waals surface area (Å²) in [5.74, 6) is 0.0653. The van der Waals surface area contributed by atoms with Crippen molar-refractivity contribution in [1.29, 1.82) is 0 Å². The molecule has 0 saturated carbocycles. The number of nitrogens with two attached hydrogens (primary N) is 1. The van der Waals surface area contributed by atoms with Crippen molar-refractivity contribution in [3.05, 3.63) is 0 Å². The molecule has 146 valence electrons. The second-order valence-electron chi connectivity index (χ2n) is 6.54. The minimum Gasteiger partial charge on any atom is -0.378 e. The SMILES string of the molecule is Cl.NCCC(=O)NCC1CCCCN1C(=O)CCOCC1CCCO1. The molecule has 0 spiro atoms. The normalized spacial score (nSPS) is 23.2. The summed E-state index contributed by atoms with van der Waals surface area (Å²) in [5, 5.41) is 2.88. The summed E-state index contributed by atoms with van der Waals surface area (Å²) in [6, 6.07) is 0.0890. The van der Waals surface area contributed by atoms with Gasteiger partial charge < -0.3 is 25.4 Å². The number of ether oxygens (including phenoxy) is 2. The molecule has 2 amide bonds. The average molecular weight is 378 g/mol. The second-order valence-corrected chi connectivity index (χ2v) is 6.54. The number of hydrogen-bond donors (Lipinski definition) is 2. The Balaban J connectivity index is 0.00000312. The zero-order valence-electron chi connectivity index (χ0n) is 14.9. The number of nitrogens with zero attached hydrogens (tertiary/aromatic N) is 1. The third-order valence-electron chi connectivity index (χ3n) is 4.64. The van der Waals surface area contributed by atoms with Crippen molar-refractivity contribution in [3.63, 3.8) is 0 Å². The van der Waals surface area contributed by atoms with E-state index in [1.165, 1.54) is 0 Å². The lowest BCUT2D eigenvalue weighted by Crippen LogP contribution is -2.49. The molecule has 0 radical (unpaired) electrons. The van der Waals surface area contributed by atoms with Gasteiger partial charge in [-0.2, -0.15) is 0 Å². The van der Waals surface area contributed by atoms with Crippen LogP contribution in [0.1, 0.15) is 44.9 Å². The maximum atomic E-state index is 12.5. The van der Waals surface area contributed by atoms with Gasteiger partial charge >= 0.3 is 0 Å². The van der Waals surface area contributed by atoms with Gasteiger partial charge in [0.25, 0.3) is 0 Å². The number of hydrogen-bond acceptors (Lipinski definition) is 5. The van der Waals surface area contributed by atoms with E-state index < -0.39 is 0 Å². The van der Waals surface area contributed by atoms with E-state index >= 15 is 0 Å². The molecule has 2 aliphatic heterocycles. The molecule has 2 fully saturated rings. The van der Waals surface area contributed by atoms with Gasteiger partial charge in [-0.15, -0.1) is 12.4 Å². The number of halogens is 1. The number of carbonyl (C=O) groups excluding carboxylic acids is 2. The summed E-state index contributed by atoms with van der Waals surface area (Å²) in [7, 11) is 0. The molecule has 3 N–H and O–H groups in total. The van der Waals surface area contributed by atoms with E-state index in [2.05, 4.69) is 5.32 Å². The lowest BCUT2D eigenvalue weighted by molar-refractivity contribution is -0.136. The lowest BCUT2D eigenvalue weighted by atomic mass is 10.0. The fourth-order valence-electron chi connectivity index (χ4n) is 3.29. The zero-order valence-corrected chi connectivity index (χ0v) is 15.7. The van der Waals surface area contributed by atoms with Gasteiger partial charge in [0.2, 0.25) is 11.8 Å². The van der Waals surface area contributed by atoms with Crippen molar-refractivity contribution in [2.24, 2.45) is 5.73 Å². The molecule has 2 atom stereocenters. The topological polar surface area (TPSA) is 93.9 Å². The Hall–Kier alpha value is -0.890. The van der Waals surface area contributed by atoms with Crippen LogP contribution in [0.2, 0.25) is 0 Å². The summed E-state index contributed by atoms with van der Waals surface area (Å²) < 4.78 is 11.1. The highest BCUT2D eigenvalue weighted by molar-refractivity contribution is 5.85. The maximum Gasteiger partial charge on any atom is 0.225 e. The van der Waals surface area contributed by atoms with Crippen molar-refractivity contribution >= 4 is 24.2 Å². The second kappa shape index (κ2) is 12.5. The molecule has 2 aliphatic rings. The number of nitrogens with one attached hydrogen (secondary N) is 1. The van der Waals surface area contributed by atoms with Gasteiger partial charge in [-0.3, -0.25) is 9.59 Å². The fourth-order valence-corrected chi connectivity index (χ4v) is 3.29. The third-order valence-corrected chi connectivity index (χ3v) is 4.64. The molecule has 2 rings (SSSR count). The van der Waals surface area contributed by atoms with Gasteiger partial charge in [-0.1, -0.05) is 0 Å². The lowest BCUT2D eigenvalue weighted by Gasteiger charge is -2.36. The minimum atomic E-state index is -0.0460. The molecule has 0 bridgehead atoms. The van der Waals surface area contributed by atoms with Crippen molar-refractivity contribution in [3.8, 4) is 0 Å². The molecule has 0 aromatic carbocycles. The third kappa shape index (κ3) is 7.90. The van der Waals surface area contributed by atoms with Gasteiger partial charge in [0.05, 0.1) is 25.7 Å². The van der Waals surface area contributed by atoms with Gasteiger partial charge in [0, 0.05) is 38.7 Å². The number of rotatable bonds is 9. The Labute approximate surface area is 156 Å². The smallest absolute Gasteiger partial charge is 0.225 e. The first kappa shape index (κ1) is 22.2. The van der Waals surface area contributed by atoms with Gasteiger partial charge in [-0.05, 0) is 32.1 Å². The largest absolute Gasteiger partial charge is 0.378 e. The molecule has 7 nitrogen and oxygen atoms in total. The molecular weight excluding hydrogens is 346 g/mol. The summed E-state index contributed by atoms with van der Waals surface area (Å²) in [6.07, 6.45) is 6.11. The van der Waals surface area contributed by atoms with Crippen molar-refractivity contribution in [2.75, 3.05) is 39.5 Å². The van der Waals surface area contributed by atoms with Crippen LogP contribution in [0.3, 0.4) is 0 Å². The van der Waals surface area contributed by atoms with E-state index in [1.54, 1.807) is 0 Å². The van der Waals surface area contributed by atoms with Crippen LogP contribution in [-0.4, -0.2) is 68.3 Å². The fraction of sp³-hybridized carbons (Fsp3) is 0.882. The van der Waals surface area contributed by atoms with Crippen LogP contribution >= 0.6 is 12.4 Å². The van der Waals surface area contributed by atoms with E-state index in [-0.39, 0.29) is 36.4 Å². The highest BCUT2D eigenvalue weighted by Gasteiger charge is 2.26. The Morgan fingerprint density at radius 3 is 2.76 bits per heavy atom. The maximum absolute atomic E-state index is 12.5. The van der Waals surface area contributed by atoms with Crippen LogP contribution in [0.15, 0.2) is 0 Å². The highest BCUT2D eigenvalue weighted by Crippen LogP contribution is 2.18. The summed E-state index contributed by atoms with van der Waals surface area (Å²) in [6.45, 7) is 3.45. The zero-order chi connectivity index (χ0) is 17.2. The van der Waals surface area contributed by atoms with Crippen LogP contribution < -0.4 is 11.1 Å². The average Bonchev–Trinajstić information content (AvgIpc) is 3.10. The molecule has 0 aromatic heterocycles. The van der Waals surface area contributed by atoms with Gasteiger partial charge in [0.15, 0.2) is 0 Å². The van der Waals surface area contributed by atoms with Crippen LogP contribution in [0.5, 0.6) is 0 Å². The van der Waals surface area contributed by atoms with E-state index in [0.29, 0.717) is 39.1 Å². The number of carbonyl (C=O) groups is 2. The van der Waals surface area contributed by atoms with Gasteiger partial charge in [-0.25, -0.2) is 0 Å². The Morgan fingerprint density at radius 1 is 1.20 bits per heavy atom. The summed E-state index contributed by atoms with van der Waals surface area (Å²) in [4.78, 5) is 25.9. The molecular formula is C17H32ClN3O4. The standard InChI is InChI=1S/C17H31N3O4.ClH/c18-8-6-16(21)19-12-14-4-1-2-9-20(14)17(22)7-11-23-13-15-5-3-10-24-15;/h14-15H,1-13,18H2,(H,19,21);1H. The number of amides is 2.